The largest absolute Gasteiger partial charge is 0.338 e. The summed E-state index contributed by atoms with van der Waals surface area (Å²) in [4.78, 5) is 22.8. The Kier molecular flexibility index (Phi) is 5.54. The fourth-order valence-corrected chi connectivity index (χ4v) is 4.70. The molecule has 6 heteroatoms. The third kappa shape index (κ3) is 4.04. The van der Waals surface area contributed by atoms with E-state index in [-0.39, 0.29) is 6.03 Å². The maximum atomic E-state index is 12.6. The summed E-state index contributed by atoms with van der Waals surface area (Å²) in [5, 5.41) is 4.24. The number of aromatic nitrogens is 1. The minimum Gasteiger partial charge on any atom is -0.338 e. The molecule has 5 nitrogen and oxygen atoms in total. The van der Waals surface area contributed by atoms with Crippen molar-refractivity contribution < 1.29 is 4.79 Å². The number of hydrogen-bond acceptors (Lipinski definition) is 4. The molecule has 23 heavy (non-hydrogen) atoms. The highest BCUT2D eigenvalue weighted by Gasteiger charge is 2.37. The number of thiazole rings is 1. The zero-order chi connectivity index (χ0) is 16.2. The van der Waals surface area contributed by atoms with E-state index in [9.17, 15) is 4.79 Å². The van der Waals surface area contributed by atoms with E-state index in [1.807, 2.05) is 6.20 Å². The average molecular weight is 337 g/mol. The Balaban J connectivity index is 1.49. The highest BCUT2D eigenvalue weighted by Crippen LogP contribution is 2.30. The van der Waals surface area contributed by atoms with Crippen molar-refractivity contribution in [3.05, 3.63) is 16.1 Å². The number of carbonyl (C=O) groups excluding carboxylic acids is 1. The van der Waals surface area contributed by atoms with Gasteiger partial charge in [-0.2, -0.15) is 0 Å². The van der Waals surface area contributed by atoms with Gasteiger partial charge < -0.3 is 15.1 Å². The topological polar surface area (TPSA) is 48.5 Å². The first-order valence-electron chi connectivity index (χ1n) is 8.84. The van der Waals surface area contributed by atoms with E-state index in [1.54, 1.807) is 11.3 Å². The van der Waals surface area contributed by atoms with E-state index < -0.39 is 0 Å². The Hall–Kier alpha value is -1.14. The van der Waals surface area contributed by atoms with Gasteiger partial charge in [-0.1, -0.05) is 6.92 Å². The lowest BCUT2D eigenvalue weighted by Crippen LogP contribution is -2.57. The molecule has 1 aromatic rings. The van der Waals surface area contributed by atoms with Crippen molar-refractivity contribution in [3.8, 4) is 0 Å². The maximum absolute atomic E-state index is 12.6. The van der Waals surface area contributed by atoms with Crippen LogP contribution < -0.4 is 5.32 Å². The number of carbonyl (C=O) groups is 1. The van der Waals surface area contributed by atoms with Gasteiger partial charge >= 0.3 is 6.03 Å². The van der Waals surface area contributed by atoms with Crippen LogP contribution in [-0.2, 0) is 12.8 Å². The minimum atomic E-state index is 0.122. The van der Waals surface area contributed by atoms with E-state index in [0.29, 0.717) is 18.5 Å². The Bertz CT molecular complexity index is 532. The Labute approximate surface area is 143 Å². The molecule has 1 N–H and O–H groups in total. The summed E-state index contributed by atoms with van der Waals surface area (Å²) in [6, 6.07) is 0.558. The van der Waals surface area contributed by atoms with Crippen molar-refractivity contribution in [2.45, 2.75) is 45.1 Å². The van der Waals surface area contributed by atoms with E-state index in [1.165, 1.54) is 11.3 Å². The zero-order valence-corrected chi connectivity index (χ0v) is 15.1. The second-order valence-corrected chi connectivity index (χ2v) is 7.97. The first-order valence-corrected chi connectivity index (χ1v) is 9.65. The average Bonchev–Trinajstić information content (AvgIpc) is 3.02. The number of amides is 2. The summed E-state index contributed by atoms with van der Waals surface area (Å²) in [6.07, 6.45) is 7.33. The predicted octanol–water partition coefficient (Wildman–Crippen LogP) is 2.37. The van der Waals surface area contributed by atoms with Crippen LogP contribution in [0.25, 0.3) is 0 Å². The summed E-state index contributed by atoms with van der Waals surface area (Å²) in [5.41, 5.74) is 0. The van der Waals surface area contributed by atoms with E-state index in [4.69, 9.17) is 0 Å². The summed E-state index contributed by atoms with van der Waals surface area (Å²) < 4.78 is 0. The molecule has 0 bridgehead atoms. The van der Waals surface area contributed by atoms with Crippen molar-refractivity contribution in [1.29, 1.82) is 0 Å². The van der Waals surface area contributed by atoms with Crippen LogP contribution in [0.5, 0.6) is 0 Å². The number of rotatable bonds is 4. The number of likely N-dealkylation sites (tertiary alicyclic amines) is 2. The van der Waals surface area contributed by atoms with Gasteiger partial charge in [0.1, 0.15) is 0 Å². The molecular weight excluding hydrogens is 308 g/mol. The van der Waals surface area contributed by atoms with Crippen LogP contribution in [-0.4, -0.2) is 60.1 Å². The fourth-order valence-electron chi connectivity index (χ4n) is 3.84. The van der Waals surface area contributed by atoms with Crippen molar-refractivity contribution in [3.63, 3.8) is 0 Å². The van der Waals surface area contributed by atoms with Crippen molar-refractivity contribution in [2.75, 3.05) is 33.2 Å². The molecule has 2 saturated heterocycles. The molecule has 3 heterocycles. The molecule has 0 saturated carbocycles. The van der Waals surface area contributed by atoms with Crippen LogP contribution in [0.1, 0.15) is 36.1 Å². The quantitative estimate of drug-likeness (QED) is 0.918. The van der Waals surface area contributed by atoms with Crippen LogP contribution in [0.3, 0.4) is 0 Å². The zero-order valence-electron chi connectivity index (χ0n) is 14.3. The number of fused-ring (bicyclic) bond motifs is 1. The first kappa shape index (κ1) is 16.7. The number of urea groups is 1. The summed E-state index contributed by atoms with van der Waals surface area (Å²) in [6.45, 7) is 5.97. The monoisotopic (exact) mass is 336 g/mol. The lowest BCUT2D eigenvalue weighted by Gasteiger charge is -2.46. The molecule has 1 aromatic heterocycles. The SMILES string of the molecule is CCc1cnc(CCNC(=O)N2CCC[C@@H]3CN(C)CC[C@H]32)s1. The second kappa shape index (κ2) is 7.62. The van der Waals surface area contributed by atoms with Gasteiger partial charge in [-0.3, -0.25) is 0 Å². The fraction of sp³-hybridized carbons (Fsp3) is 0.765. The van der Waals surface area contributed by atoms with Gasteiger partial charge in [-0.15, -0.1) is 11.3 Å². The number of hydrogen-bond donors (Lipinski definition) is 1. The number of nitrogens with one attached hydrogen (secondary N) is 1. The van der Waals surface area contributed by atoms with Crippen molar-refractivity contribution >= 4 is 17.4 Å². The number of nitrogens with zero attached hydrogens (tertiary/aromatic N) is 3. The molecule has 0 aromatic carbocycles. The molecule has 2 amide bonds. The third-order valence-electron chi connectivity index (χ3n) is 5.10. The van der Waals surface area contributed by atoms with Crippen LogP contribution >= 0.6 is 11.3 Å². The van der Waals surface area contributed by atoms with Gasteiger partial charge in [0.2, 0.25) is 0 Å². The van der Waals surface area contributed by atoms with Crippen LogP contribution in [0.15, 0.2) is 6.20 Å². The first-order chi connectivity index (χ1) is 11.2. The molecular formula is C17H28N4OS. The normalized spacial score (nSPS) is 25.2. The van der Waals surface area contributed by atoms with Gasteiger partial charge in [0.05, 0.1) is 5.01 Å². The minimum absolute atomic E-state index is 0.122. The molecule has 0 spiro atoms. The maximum Gasteiger partial charge on any atom is 0.317 e. The lowest BCUT2D eigenvalue weighted by atomic mass is 9.84. The highest BCUT2D eigenvalue weighted by atomic mass is 32.1. The van der Waals surface area contributed by atoms with Gasteiger partial charge in [0, 0.05) is 43.2 Å². The second-order valence-electron chi connectivity index (χ2n) is 6.77. The van der Waals surface area contributed by atoms with Gasteiger partial charge in [-0.05, 0) is 45.2 Å². The molecule has 128 valence electrons. The van der Waals surface area contributed by atoms with E-state index in [2.05, 4.69) is 34.1 Å². The summed E-state index contributed by atoms with van der Waals surface area (Å²) in [7, 11) is 2.19. The molecule has 2 aliphatic heterocycles. The highest BCUT2D eigenvalue weighted by molar-refractivity contribution is 7.11. The number of piperidine rings is 2. The Morgan fingerprint density at radius 2 is 2.30 bits per heavy atom. The van der Waals surface area contributed by atoms with E-state index >= 15 is 0 Å². The molecule has 3 rings (SSSR count). The van der Waals surface area contributed by atoms with E-state index in [0.717, 1.165) is 50.3 Å². The molecule has 2 fully saturated rings. The summed E-state index contributed by atoms with van der Waals surface area (Å²) in [5.74, 6) is 0.652. The van der Waals surface area contributed by atoms with Crippen LogP contribution in [0.2, 0.25) is 0 Å². The van der Waals surface area contributed by atoms with Gasteiger partial charge in [-0.25, -0.2) is 9.78 Å². The molecule has 0 unspecified atom stereocenters. The van der Waals surface area contributed by atoms with Gasteiger partial charge in [0.15, 0.2) is 0 Å². The predicted molar refractivity (Wildman–Crippen MR) is 93.9 cm³/mol. The molecule has 0 radical (unpaired) electrons. The van der Waals surface area contributed by atoms with Crippen LogP contribution in [0, 0.1) is 5.92 Å². The third-order valence-corrected chi connectivity index (χ3v) is 6.30. The Morgan fingerprint density at radius 1 is 1.43 bits per heavy atom. The standard InChI is InChI=1S/C17H28N4OS/c1-3-14-11-19-16(23-14)6-8-18-17(22)21-9-4-5-13-12-20(2)10-7-15(13)21/h11,13,15H,3-10,12H2,1-2H3,(H,18,22)/t13-,15-/m1/s1. The van der Waals surface area contributed by atoms with Crippen molar-refractivity contribution in [1.82, 2.24) is 20.1 Å². The smallest absolute Gasteiger partial charge is 0.317 e. The molecule has 2 atom stereocenters. The Morgan fingerprint density at radius 3 is 3.09 bits per heavy atom. The lowest BCUT2D eigenvalue weighted by molar-refractivity contribution is 0.0534. The summed E-state index contributed by atoms with van der Waals surface area (Å²) >= 11 is 1.76. The van der Waals surface area contributed by atoms with Crippen molar-refractivity contribution in [2.24, 2.45) is 5.92 Å². The molecule has 2 aliphatic rings. The van der Waals surface area contributed by atoms with Gasteiger partial charge in [0.25, 0.3) is 0 Å². The van der Waals surface area contributed by atoms with Crippen LogP contribution in [0.4, 0.5) is 4.79 Å². The number of aryl methyl sites for hydroxylation is 1. The molecule has 0 aliphatic carbocycles.